The fraction of sp³-hybridized carbons (Fsp3) is 0.394. The Hall–Kier alpha value is -3.32. The van der Waals surface area contributed by atoms with Crippen LogP contribution in [0.3, 0.4) is 0 Å². The molecule has 3 aromatic carbocycles. The zero-order valence-corrected chi connectivity index (χ0v) is 24.4. The quantitative estimate of drug-likeness (QED) is 0.297. The monoisotopic (exact) mass is 604 g/mol. The third-order valence-corrected chi connectivity index (χ3v) is 8.19. The van der Waals surface area contributed by atoms with Crippen LogP contribution in [0.25, 0.3) is 0 Å². The molecule has 0 saturated heterocycles. The molecule has 5 rings (SSSR count). The molecule has 0 bridgehead atoms. The second-order valence-corrected chi connectivity index (χ2v) is 11.6. The number of carbonyl (C=O) groups excluding carboxylic acids is 2. The van der Waals surface area contributed by atoms with Crippen molar-refractivity contribution >= 4 is 27.7 Å². The van der Waals surface area contributed by atoms with Gasteiger partial charge in [0.25, 0.3) is 0 Å². The number of nitrogens with one attached hydrogen (secondary N) is 1. The third kappa shape index (κ3) is 7.66. The van der Waals surface area contributed by atoms with E-state index in [1.807, 2.05) is 72.8 Å². The molecule has 6 nitrogen and oxygen atoms in total. The van der Waals surface area contributed by atoms with Crippen LogP contribution < -0.4 is 14.8 Å². The van der Waals surface area contributed by atoms with Crippen LogP contribution in [0.1, 0.15) is 55.2 Å². The summed E-state index contributed by atoms with van der Waals surface area (Å²) >= 11 is 3.56. The predicted molar refractivity (Wildman–Crippen MR) is 159 cm³/mol. The molecule has 1 fully saturated rings. The summed E-state index contributed by atoms with van der Waals surface area (Å²) in [4.78, 5) is 29.7. The summed E-state index contributed by atoms with van der Waals surface area (Å²) in [7, 11) is 0. The lowest BCUT2D eigenvalue weighted by Crippen LogP contribution is -2.52. The topological polar surface area (TPSA) is 67.9 Å². The lowest BCUT2D eigenvalue weighted by atomic mass is 9.94. The number of hydrogen-bond acceptors (Lipinski definition) is 4. The Morgan fingerprint density at radius 1 is 0.850 bits per heavy atom. The number of benzene rings is 3. The van der Waals surface area contributed by atoms with Crippen molar-refractivity contribution in [2.75, 3.05) is 13.2 Å². The summed E-state index contributed by atoms with van der Waals surface area (Å²) in [6.07, 6.45) is 6.76. The van der Waals surface area contributed by atoms with E-state index < -0.39 is 6.04 Å². The molecule has 2 amide bonds. The van der Waals surface area contributed by atoms with E-state index in [0.717, 1.165) is 58.3 Å². The Morgan fingerprint density at radius 2 is 1.60 bits per heavy atom. The Kier molecular flexibility index (Phi) is 9.76. The molecule has 40 heavy (non-hydrogen) atoms. The number of carbonyl (C=O) groups is 2. The highest BCUT2D eigenvalue weighted by Gasteiger charge is 2.32. The lowest BCUT2D eigenvalue weighted by Gasteiger charge is -2.33. The van der Waals surface area contributed by atoms with E-state index in [0.29, 0.717) is 32.6 Å². The largest absolute Gasteiger partial charge is 0.486 e. The Labute approximate surface area is 245 Å². The van der Waals surface area contributed by atoms with Gasteiger partial charge in [-0.2, -0.15) is 0 Å². The number of hydrogen-bond donors (Lipinski definition) is 1. The molecule has 0 spiro atoms. The van der Waals surface area contributed by atoms with Crippen molar-refractivity contribution in [3.8, 4) is 11.5 Å². The van der Waals surface area contributed by atoms with Crippen LogP contribution in [-0.4, -0.2) is 42.0 Å². The van der Waals surface area contributed by atoms with E-state index >= 15 is 0 Å². The molecule has 1 N–H and O–H groups in total. The smallest absolute Gasteiger partial charge is 0.243 e. The maximum absolute atomic E-state index is 14.0. The SMILES string of the molecule is O=C(NC1CCCCC1)[C@@H](Cc1ccccc1)N(Cc1cccc(Br)c1)C(=O)CCc1ccc2c(c1)OCCO2. The molecule has 0 radical (unpaired) electrons. The van der Waals surface area contributed by atoms with E-state index in [1.54, 1.807) is 4.90 Å². The van der Waals surface area contributed by atoms with Gasteiger partial charge in [-0.3, -0.25) is 9.59 Å². The van der Waals surface area contributed by atoms with Gasteiger partial charge in [0.2, 0.25) is 11.8 Å². The molecular weight excluding hydrogens is 568 g/mol. The van der Waals surface area contributed by atoms with Crippen LogP contribution >= 0.6 is 15.9 Å². The van der Waals surface area contributed by atoms with Crippen LogP contribution in [0.15, 0.2) is 77.3 Å². The van der Waals surface area contributed by atoms with E-state index in [-0.39, 0.29) is 24.3 Å². The summed E-state index contributed by atoms with van der Waals surface area (Å²) in [6, 6.07) is 23.3. The van der Waals surface area contributed by atoms with Crippen molar-refractivity contribution < 1.29 is 19.1 Å². The second-order valence-electron chi connectivity index (χ2n) is 10.7. The second kappa shape index (κ2) is 13.8. The van der Waals surface area contributed by atoms with Gasteiger partial charge in [0.15, 0.2) is 11.5 Å². The Bertz CT molecular complexity index is 1290. The molecular formula is C33H37BrN2O4. The molecule has 1 aliphatic carbocycles. The van der Waals surface area contributed by atoms with Gasteiger partial charge in [0.1, 0.15) is 19.3 Å². The molecule has 7 heteroatoms. The van der Waals surface area contributed by atoms with Crippen molar-refractivity contribution in [2.24, 2.45) is 0 Å². The van der Waals surface area contributed by atoms with Crippen molar-refractivity contribution in [3.63, 3.8) is 0 Å². The first kappa shape index (κ1) is 28.2. The van der Waals surface area contributed by atoms with E-state index in [4.69, 9.17) is 9.47 Å². The van der Waals surface area contributed by atoms with Crippen molar-refractivity contribution in [2.45, 2.75) is 70.0 Å². The summed E-state index contributed by atoms with van der Waals surface area (Å²) in [5.41, 5.74) is 3.02. The molecule has 0 aromatic heterocycles. The van der Waals surface area contributed by atoms with Crippen LogP contribution in [0.5, 0.6) is 11.5 Å². The van der Waals surface area contributed by atoms with E-state index in [2.05, 4.69) is 21.2 Å². The number of amides is 2. The maximum atomic E-state index is 14.0. The van der Waals surface area contributed by atoms with E-state index in [1.165, 1.54) is 6.42 Å². The molecule has 0 unspecified atom stereocenters. The van der Waals surface area contributed by atoms with Gasteiger partial charge >= 0.3 is 0 Å². The minimum atomic E-state index is -0.615. The standard InChI is InChI=1S/C33H37BrN2O4/c34-27-11-7-10-26(20-27)23-36(32(37)17-15-25-14-16-30-31(22-25)40-19-18-39-30)29(21-24-8-3-1-4-9-24)33(38)35-28-12-5-2-6-13-28/h1,3-4,7-11,14,16,20,22,28-29H,2,5-6,12-13,15,17-19,21,23H2,(H,35,38)/t29-/m1/s1. The average Bonchev–Trinajstić information content (AvgIpc) is 2.98. The van der Waals surface area contributed by atoms with Crippen molar-refractivity contribution in [1.82, 2.24) is 10.2 Å². The van der Waals surface area contributed by atoms with Crippen molar-refractivity contribution in [1.29, 1.82) is 0 Å². The predicted octanol–water partition coefficient (Wildman–Crippen LogP) is 6.24. The minimum Gasteiger partial charge on any atom is -0.486 e. The summed E-state index contributed by atoms with van der Waals surface area (Å²) in [5, 5.41) is 3.31. The fourth-order valence-corrected chi connectivity index (χ4v) is 6.02. The highest BCUT2D eigenvalue weighted by atomic mass is 79.9. The first-order valence-electron chi connectivity index (χ1n) is 14.3. The number of halogens is 1. The Balaban J connectivity index is 1.39. The molecule has 1 heterocycles. The van der Waals surface area contributed by atoms with Crippen LogP contribution in [0.2, 0.25) is 0 Å². The zero-order chi connectivity index (χ0) is 27.7. The highest BCUT2D eigenvalue weighted by Crippen LogP contribution is 2.31. The van der Waals surface area contributed by atoms with Crippen LogP contribution in [0.4, 0.5) is 0 Å². The van der Waals surface area contributed by atoms with E-state index in [9.17, 15) is 9.59 Å². The minimum absolute atomic E-state index is 0.0467. The highest BCUT2D eigenvalue weighted by molar-refractivity contribution is 9.10. The molecule has 3 aromatic rings. The number of ether oxygens (including phenoxy) is 2. The summed E-state index contributed by atoms with van der Waals surface area (Å²) in [6.45, 7) is 1.42. The molecule has 1 atom stereocenters. The summed E-state index contributed by atoms with van der Waals surface area (Å²) in [5.74, 6) is 1.34. The lowest BCUT2D eigenvalue weighted by molar-refractivity contribution is -0.141. The first-order valence-corrected chi connectivity index (χ1v) is 15.1. The molecule has 2 aliphatic rings. The molecule has 1 saturated carbocycles. The summed E-state index contributed by atoms with van der Waals surface area (Å²) < 4.78 is 12.3. The van der Waals surface area contributed by atoms with Gasteiger partial charge in [0.05, 0.1) is 0 Å². The van der Waals surface area contributed by atoms with Crippen LogP contribution in [0, 0.1) is 0 Å². The molecule has 1 aliphatic heterocycles. The van der Waals surface area contributed by atoms with Gasteiger partial charge in [-0.1, -0.05) is 83.7 Å². The van der Waals surface area contributed by atoms with Gasteiger partial charge in [-0.05, 0) is 60.2 Å². The maximum Gasteiger partial charge on any atom is 0.243 e. The fourth-order valence-electron chi connectivity index (χ4n) is 5.57. The normalized spacial score (nSPS) is 15.7. The van der Waals surface area contributed by atoms with Gasteiger partial charge in [-0.25, -0.2) is 0 Å². The van der Waals surface area contributed by atoms with Gasteiger partial charge in [0, 0.05) is 29.9 Å². The number of nitrogens with zero attached hydrogens (tertiary/aromatic N) is 1. The number of rotatable bonds is 10. The number of aryl methyl sites for hydroxylation is 1. The first-order chi connectivity index (χ1) is 19.5. The third-order valence-electron chi connectivity index (χ3n) is 7.70. The number of fused-ring (bicyclic) bond motifs is 1. The van der Waals surface area contributed by atoms with Gasteiger partial charge in [-0.15, -0.1) is 0 Å². The van der Waals surface area contributed by atoms with Crippen molar-refractivity contribution in [3.05, 3.63) is 94.0 Å². The van der Waals surface area contributed by atoms with Gasteiger partial charge < -0.3 is 19.7 Å². The zero-order valence-electron chi connectivity index (χ0n) is 22.8. The Morgan fingerprint density at radius 3 is 2.38 bits per heavy atom. The molecule has 210 valence electrons. The van der Waals surface area contributed by atoms with Crippen LogP contribution in [-0.2, 0) is 29.0 Å². The average molecular weight is 606 g/mol.